The van der Waals surface area contributed by atoms with Crippen LogP contribution in [-0.2, 0) is 9.59 Å². The van der Waals surface area contributed by atoms with Crippen molar-refractivity contribution >= 4 is 11.8 Å². The van der Waals surface area contributed by atoms with Gasteiger partial charge in [0, 0.05) is 0 Å². The Kier molecular flexibility index (Phi) is 4.41. The van der Waals surface area contributed by atoms with Gasteiger partial charge in [-0.25, -0.2) is 4.39 Å². The Bertz CT molecular complexity index is 156. The lowest BCUT2D eigenvalue weighted by Crippen LogP contribution is -2.18. The van der Waals surface area contributed by atoms with Gasteiger partial charge in [-0.15, -0.1) is 0 Å². The van der Waals surface area contributed by atoms with Crippen LogP contribution in [0.15, 0.2) is 0 Å². The van der Waals surface area contributed by atoms with E-state index in [9.17, 15) is 14.0 Å². The topological polar surface area (TPSA) is 54.4 Å². The summed E-state index contributed by atoms with van der Waals surface area (Å²) in [7, 11) is 0. The van der Waals surface area contributed by atoms with Crippen molar-refractivity contribution in [3.63, 3.8) is 0 Å². The summed E-state index contributed by atoms with van der Waals surface area (Å²) in [5.41, 5.74) is 0. The number of carbonyl (C=O) groups is 2. The van der Waals surface area contributed by atoms with Crippen LogP contribution in [0.5, 0.6) is 0 Å². The van der Waals surface area contributed by atoms with Crippen LogP contribution in [0.3, 0.4) is 0 Å². The van der Waals surface area contributed by atoms with Gasteiger partial charge in [-0.1, -0.05) is 13.3 Å². The number of hydrogen-bond donors (Lipinski definition) is 1. The number of rotatable bonds is 5. The Morgan fingerprint density at radius 2 is 2.09 bits per heavy atom. The molecule has 64 valence electrons. The molecule has 11 heavy (non-hydrogen) atoms. The van der Waals surface area contributed by atoms with E-state index in [2.05, 4.69) is 0 Å². The number of carbonyl (C=O) groups excluding carboxylic acids is 1. The zero-order chi connectivity index (χ0) is 8.85. The molecule has 0 amide bonds. The quantitative estimate of drug-likeness (QED) is 0.617. The molecule has 0 aliphatic carbocycles. The molecule has 1 N–H and O–H groups in total. The molecule has 0 aromatic heterocycles. The molecule has 3 nitrogen and oxygen atoms in total. The van der Waals surface area contributed by atoms with E-state index in [4.69, 9.17) is 5.11 Å². The van der Waals surface area contributed by atoms with Gasteiger partial charge in [0.15, 0.2) is 12.0 Å². The maximum absolute atomic E-state index is 12.5. The fourth-order valence-corrected chi connectivity index (χ4v) is 0.674. The van der Waals surface area contributed by atoms with E-state index in [1.807, 2.05) is 0 Å². The summed E-state index contributed by atoms with van der Waals surface area (Å²) in [6, 6.07) is 0. The third kappa shape index (κ3) is 4.47. The number of hydrogen-bond acceptors (Lipinski definition) is 2. The van der Waals surface area contributed by atoms with E-state index in [0.29, 0.717) is 6.42 Å². The number of carboxylic acids is 1. The van der Waals surface area contributed by atoms with Gasteiger partial charge >= 0.3 is 5.97 Å². The standard InChI is InChI=1S/C7H11FO3/c1-2-3-5(8)6(9)4-7(10)11/h5H,2-4H2,1H3,(H,10,11). The summed E-state index contributed by atoms with van der Waals surface area (Å²) in [6.45, 7) is 1.74. The van der Waals surface area contributed by atoms with Crippen LogP contribution in [0.1, 0.15) is 26.2 Å². The molecule has 0 heterocycles. The monoisotopic (exact) mass is 162 g/mol. The van der Waals surface area contributed by atoms with E-state index >= 15 is 0 Å². The average molecular weight is 162 g/mol. The predicted molar refractivity (Wildman–Crippen MR) is 37.1 cm³/mol. The second-order valence-corrected chi connectivity index (χ2v) is 2.29. The summed E-state index contributed by atoms with van der Waals surface area (Å²) in [4.78, 5) is 20.5. The first-order valence-corrected chi connectivity index (χ1v) is 3.46. The molecular formula is C7H11FO3. The first kappa shape index (κ1) is 10.1. The Morgan fingerprint density at radius 3 is 2.45 bits per heavy atom. The second-order valence-electron chi connectivity index (χ2n) is 2.29. The molecule has 1 unspecified atom stereocenters. The zero-order valence-corrected chi connectivity index (χ0v) is 6.34. The largest absolute Gasteiger partial charge is 0.481 e. The van der Waals surface area contributed by atoms with Crippen LogP contribution in [0.4, 0.5) is 4.39 Å². The Morgan fingerprint density at radius 1 is 1.55 bits per heavy atom. The lowest BCUT2D eigenvalue weighted by molar-refractivity contribution is -0.141. The molecule has 0 aromatic rings. The van der Waals surface area contributed by atoms with Crippen molar-refractivity contribution in [2.24, 2.45) is 0 Å². The van der Waals surface area contributed by atoms with Gasteiger partial charge in [0.1, 0.15) is 6.42 Å². The fraction of sp³-hybridized carbons (Fsp3) is 0.714. The molecular weight excluding hydrogens is 151 g/mol. The Balaban J connectivity index is 3.73. The molecule has 0 bridgehead atoms. The van der Waals surface area contributed by atoms with Crippen molar-refractivity contribution in [1.82, 2.24) is 0 Å². The number of carboxylic acid groups (broad SMARTS) is 1. The Hall–Kier alpha value is -0.930. The third-order valence-electron chi connectivity index (χ3n) is 1.22. The maximum atomic E-state index is 12.5. The molecule has 0 radical (unpaired) electrons. The summed E-state index contributed by atoms with van der Waals surface area (Å²) in [5, 5.41) is 8.11. The van der Waals surface area contributed by atoms with E-state index in [0.717, 1.165) is 0 Å². The maximum Gasteiger partial charge on any atom is 0.310 e. The van der Waals surface area contributed by atoms with Gasteiger partial charge in [-0.05, 0) is 6.42 Å². The molecule has 0 aliphatic rings. The summed E-state index contributed by atoms with van der Waals surface area (Å²) < 4.78 is 12.5. The summed E-state index contributed by atoms with van der Waals surface area (Å²) >= 11 is 0. The number of aliphatic carboxylic acids is 1. The van der Waals surface area contributed by atoms with Crippen molar-refractivity contribution in [3.05, 3.63) is 0 Å². The number of halogens is 1. The van der Waals surface area contributed by atoms with Gasteiger partial charge in [0.05, 0.1) is 0 Å². The highest BCUT2D eigenvalue weighted by Crippen LogP contribution is 2.04. The lowest BCUT2D eigenvalue weighted by atomic mass is 10.1. The van der Waals surface area contributed by atoms with Crippen molar-refractivity contribution < 1.29 is 19.1 Å². The minimum absolute atomic E-state index is 0.117. The van der Waals surface area contributed by atoms with Crippen molar-refractivity contribution in [2.75, 3.05) is 0 Å². The van der Waals surface area contributed by atoms with Gasteiger partial charge in [-0.2, -0.15) is 0 Å². The highest BCUT2D eigenvalue weighted by molar-refractivity contribution is 5.97. The molecule has 0 rings (SSSR count). The molecule has 0 fully saturated rings. The van der Waals surface area contributed by atoms with Crippen LogP contribution >= 0.6 is 0 Å². The van der Waals surface area contributed by atoms with Crippen LogP contribution in [0.2, 0.25) is 0 Å². The van der Waals surface area contributed by atoms with E-state index in [1.165, 1.54) is 0 Å². The van der Waals surface area contributed by atoms with Crippen LogP contribution < -0.4 is 0 Å². The number of Topliss-reactive ketones (excluding diaryl/α,β-unsaturated/α-hetero) is 1. The SMILES string of the molecule is CCCC(F)C(=O)CC(=O)O. The zero-order valence-electron chi connectivity index (χ0n) is 6.34. The summed E-state index contributed by atoms with van der Waals surface area (Å²) in [6.07, 6.45) is -1.64. The molecule has 0 spiro atoms. The third-order valence-corrected chi connectivity index (χ3v) is 1.22. The first-order valence-electron chi connectivity index (χ1n) is 3.46. The average Bonchev–Trinajstić information content (AvgIpc) is 1.86. The van der Waals surface area contributed by atoms with Crippen molar-refractivity contribution in [3.8, 4) is 0 Å². The smallest absolute Gasteiger partial charge is 0.310 e. The Labute approximate surface area is 64.2 Å². The number of ketones is 1. The normalized spacial score (nSPS) is 12.5. The molecule has 0 saturated carbocycles. The van der Waals surface area contributed by atoms with Gasteiger partial charge in [0.25, 0.3) is 0 Å². The van der Waals surface area contributed by atoms with Gasteiger partial charge in [0.2, 0.25) is 0 Å². The highest BCUT2D eigenvalue weighted by atomic mass is 19.1. The minimum Gasteiger partial charge on any atom is -0.481 e. The lowest BCUT2D eigenvalue weighted by Gasteiger charge is -2.01. The highest BCUT2D eigenvalue weighted by Gasteiger charge is 2.18. The first-order chi connectivity index (χ1) is 5.07. The van der Waals surface area contributed by atoms with E-state index in [1.54, 1.807) is 6.92 Å². The van der Waals surface area contributed by atoms with Gasteiger partial charge in [-0.3, -0.25) is 9.59 Å². The van der Waals surface area contributed by atoms with Crippen LogP contribution in [0, 0.1) is 0 Å². The minimum atomic E-state index is -1.60. The van der Waals surface area contributed by atoms with E-state index in [-0.39, 0.29) is 6.42 Å². The molecule has 1 atom stereocenters. The van der Waals surface area contributed by atoms with Crippen LogP contribution in [-0.4, -0.2) is 23.0 Å². The summed E-state index contributed by atoms with van der Waals surface area (Å²) in [5.74, 6) is -2.10. The molecule has 0 saturated heterocycles. The van der Waals surface area contributed by atoms with Gasteiger partial charge < -0.3 is 5.11 Å². The van der Waals surface area contributed by atoms with Crippen LogP contribution in [0.25, 0.3) is 0 Å². The number of alkyl halides is 1. The predicted octanol–water partition coefficient (Wildman–Crippen LogP) is 1.17. The van der Waals surface area contributed by atoms with Crippen molar-refractivity contribution in [1.29, 1.82) is 0 Å². The van der Waals surface area contributed by atoms with E-state index < -0.39 is 24.3 Å². The fourth-order valence-electron chi connectivity index (χ4n) is 0.674. The molecule has 0 aromatic carbocycles. The molecule has 4 heteroatoms. The molecule has 0 aliphatic heterocycles. The second kappa shape index (κ2) is 4.82. The van der Waals surface area contributed by atoms with Crippen molar-refractivity contribution in [2.45, 2.75) is 32.4 Å².